The van der Waals surface area contributed by atoms with E-state index in [4.69, 9.17) is 23.2 Å². The van der Waals surface area contributed by atoms with Gasteiger partial charge in [-0.2, -0.15) is 0 Å². The highest BCUT2D eigenvalue weighted by atomic mass is 35.5. The monoisotopic (exact) mass is 192 g/mol. The number of rotatable bonds is 2. The molecule has 0 spiro atoms. The number of ether oxygens (including phenoxy) is 1. The van der Waals surface area contributed by atoms with Gasteiger partial charge in [-0.25, -0.2) is 0 Å². The van der Waals surface area contributed by atoms with E-state index in [1.165, 1.54) is 6.07 Å². The van der Waals surface area contributed by atoms with Gasteiger partial charge >= 0.3 is 0 Å². The van der Waals surface area contributed by atoms with Crippen LogP contribution in [0.25, 0.3) is 0 Å². The van der Waals surface area contributed by atoms with E-state index in [-0.39, 0.29) is 22.5 Å². The Morgan fingerprint density at radius 3 is 2.82 bits per heavy atom. The summed E-state index contributed by atoms with van der Waals surface area (Å²) in [5.41, 5.74) is 0. The number of aromatic nitrogens is 2. The molecule has 1 rings (SSSR count). The van der Waals surface area contributed by atoms with Crippen molar-refractivity contribution in [2.45, 2.75) is 0 Å². The quantitative estimate of drug-likeness (QED) is 0.664. The van der Waals surface area contributed by atoms with Crippen LogP contribution in [0.2, 0.25) is 10.3 Å². The van der Waals surface area contributed by atoms with Crippen LogP contribution in [0.15, 0.2) is 6.07 Å². The average molecular weight is 193 g/mol. The highest BCUT2D eigenvalue weighted by Gasteiger charge is 2.03. The van der Waals surface area contributed by atoms with Crippen molar-refractivity contribution in [2.75, 3.05) is 0 Å². The maximum absolute atomic E-state index is 9.87. The van der Waals surface area contributed by atoms with Crippen molar-refractivity contribution < 1.29 is 9.53 Å². The summed E-state index contributed by atoms with van der Waals surface area (Å²) in [5.74, 6) is 0.0988. The predicted octanol–water partition coefficient (Wildman–Crippen LogP) is 1.32. The molecule has 0 aliphatic carbocycles. The van der Waals surface area contributed by atoms with Crippen LogP contribution >= 0.6 is 23.2 Å². The SMILES string of the molecule is O=COc1cc(Cl)nnc1Cl. The zero-order valence-electron chi connectivity index (χ0n) is 5.12. The molecule has 1 heterocycles. The lowest BCUT2D eigenvalue weighted by atomic mass is 10.5. The molecule has 0 aromatic carbocycles. The first-order chi connectivity index (χ1) is 5.24. The van der Waals surface area contributed by atoms with Crippen molar-refractivity contribution >= 4 is 29.7 Å². The summed E-state index contributed by atoms with van der Waals surface area (Å²) in [6, 6.07) is 1.30. The second kappa shape index (κ2) is 3.50. The minimum atomic E-state index is 0.00139. The molecule has 1 aromatic rings. The van der Waals surface area contributed by atoms with E-state index in [9.17, 15) is 4.79 Å². The van der Waals surface area contributed by atoms with E-state index in [1.807, 2.05) is 0 Å². The summed E-state index contributed by atoms with van der Waals surface area (Å²) < 4.78 is 4.42. The molecule has 1 aromatic heterocycles. The number of hydrogen-bond donors (Lipinski definition) is 0. The Morgan fingerprint density at radius 2 is 2.18 bits per heavy atom. The van der Waals surface area contributed by atoms with Crippen molar-refractivity contribution in [1.82, 2.24) is 10.2 Å². The minimum Gasteiger partial charge on any atom is -0.425 e. The fourth-order valence-corrected chi connectivity index (χ4v) is 0.746. The largest absolute Gasteiger partial charge is 0.425 e. The Labute approximate surface area is 72.1 Å². The molecule has 0 aliphatic heterocycles. The first-order valence-electron chi connectivity index (χ1n) is 2.53. The smallest absolute Gasteiger partial charge is 0.298 e. The third-order valence-corrected chi connectivity index (χ3v) is 1.31. The molecule has 0 saturated carbocycles. The van der Waals surface area contributed by atoms with Crippen LogP contribution in [0.5, 0.6) is 5.75 Å². The molecule has 58 valence electrons. The first-order valence-corrected chi connectivity index (χ1v) is 3.28. The highest BCUT2D eigenvalue weighted by molar-refractivity contribution is 6.32. The molecule has 0 atom stereocenters. The third-order valence-electron chi connectivity index (χ3n) is 0.862. The lowest BCUT2D eigenvalue weighted by molar-refractivity contribution is -0.120. The Balaban J connectivity index is 3.01. The molecule has 0 saturated heterocycles. The normalized spacial score (nSPS) is 9.27. The first kappa shape index (κ1) is 8.23. The molecule has 0 aliphatic rings. The van der Waals surface area contributed by atoms with Crippen LogP contribution in [0.3, 0.4) is 0 Å². The van der Waals surface area contributed by atoms with Crippen LogP contribution < -0.4 is 4.74 Å². The molecule has 0 bridgehead atoms. The number of carbonyl (C=O) groups excluding carboxylic acids is 1. The molecule has 4 nitrogen and oxygen atoms in total. The Morgan fingerprint density at radius 1 is 1.45 bits per heavy atom. The lowest BCUT2D eigenvalue weighted by Crippen LogP contribution is -1.92. The molecular weight excluding hydrogens is 191 g/mol. The molecule has 0 unspecified atom stereocenters. The molecule has 0 N–H and O–H groups in total. The van der Waals surface area contributed by atoms with Gasteiger partial charge in [0.2, 0.25) is 0 Å². The van der Waals surface area contributed by atoms with E-state index < -0.39 is 0 Å². The van der Waals surface area contributed by atoms with E-state index in [0.717, 1.165) is 0 Å². The highest BCUT2D eigenvalue weighted by Crippen LogP contribution is 2.22. The van der Waals surface area contributed by atoms with Gasteiger partial charge in [0.15, 0.2) is 16.1 Å². The predicted molar refractivity (Wildman–Crippen MR) is 38.7 cm³/mol. The van der Waals surface area contributed by atoms with Gasteiger partial charge in [0, 0.05) is 6.07 Å². The van der Waals surface area contributed by atoms with Crippen LogP contribution in [0.4, 0.5) is 0 Å². The summed E-state index contributed by atoms with van der Waals surface area (Å²) in [6.45, 7) is 0.235. The number of hydrogen-bond acceptors (Lipinski definition) is 4. The second-order valence-corrected chi connectivity index (χ2v) is 2.28. The fraction of sp³-hybridized carbons (Fsp3) is 0. The van der Waals surface area contributed by atoms with E-state index in [0.29, 0.717) is 0 Å². The van der Waals surface area contributed by atoms with Gasteiger partial charge in [0.1, 0.15) is 0 Å². The van der Waals surface area contributed by atoms with Crippen molar-refractivity contribution in [3.63, 3.8) is 0 Å². The van der Waals surface area contributed by atoms with Crippen LogP contribution in [-0.4, -0.2) is 16.7 Å². The number of nitrogens with zero attached hydrogens (tertiary/aromatic N) is 2. The maximum Gasteiger partial charge on any atom is 0.298 e. The molecule has 0 radical (unpaired) electrons. The summed E-state index contributed by atoms with van der Waals surface area (Å²) in [6.07, 6.45) is 0. The van der Waals surface area contributed by atoms with Crippen LogP contribution in [-0.2, 0) is 4.79 Å². The minimum absolute atomic E-state index is 0.00139. The molecular formula is C5H2Cl2N2O2. The zero-order chi connectivity index (χ0) is 8.27. The molecule has 0 fully saturated rings. The van der Waals surface area contributed by atoms with Gasteiger partial charge in [-0.15, -0.1) is 10.2 Å². The summed E-state index contributed by atoms with van der Waals surface area (Å²) in [5, 5.41) is 6.92. The molecule has 0 amide bonds. The molecule has 11 heavy (non-hydrogen) atoms. The molecule has 6 heteroatoms. The van der Waals surface area contributed by atoms with E-state index >= 15 is 0 Å². The summed E-state index contributed by atoms with van der Waals surface area (Å²) in [7, 11) is 0. The van der Waals surface area contributed by atoms with E-state index in [2.05, 4.69) is 14.9 Å². The van der Waals surface area contributed by atoms with Crippen molar-refractivity contribution in [2.24, 2.45) is 0 Å². The van der Waals surface area contributed by atoms with Gasteiger partial charge in [0.25, 0.3) is 6.47 Å². The number of halogens is 2. The summed E-state index contributed by atoms with van der Waals surface area (Å²) >= 11 is 10.9. The number of carbonyl (C=O) groups is 1. The van der Waals surface area contributed by atoms with Crippen LogP contribution in [0.1, 0.15) is 0 Å². The summed E-state index contributed by atoms with van der Waals surface area (Å²) in [4.78, 5) is 9.87. The average Bonchev–Trinajstić information content (AvgIpc) is 1.98. The Hall–Kier alpha value is -0.870. The maximum atomic E-state index is 9.87. The Kier molecular flexibility index (Phi) is 2.62. The second-order valence-electron chi connectivity index (χ2n) is 1.54. The van der Waals surface area contributed by atoms with Crippen LogP contribution in [0, 0.1) is 0 Å². The van der Waals surface area contributed by atoms with Gasteiger partial charge in [-0.3, -0.25) is 4.79 Å². The van der Waals surface area contributed by atoms with Crippen molar-refractivity contribution in [1.29, 1.82) is 0 Å². The zero-order valence-corrected chi connectivity index (χ0v) is 6.63. The van der Waals surface area contributed by atoms with Gasteiger partial charge in [-0.1, -0.05) is 23.2 Å². The lowest BCUT2D eigenvalue weighted by Gasteiger charge is -1.97. The third kappa shape index (κ3) is 2.03. The van der Waals surface area contributed by atoms with Crippen molar-refractivity contribution in [3.05, 3.63) is 16.4 Å². The van der Waals surface area contributed by atoms with Gasteiger partial charge < -0.3 is 4.74 Å². The fourth-order valence-electron chi connectivity index (χ4n) is 0.472. The van der Waals surface area contributed by atoms with Gasteiger partial charge in [-0.05, 0) is 0 Å². The standard InChI is InChI=1S/C5H2Cl2N2O2/c6-4-1-3(11-2-10)5(7)9-8-4/h1-2H. The van der Waals surface area contributed by atoms with E-state index in [1.54, 1.807) is 0 Å². The van der Waals surface area contributed by atoms with Crippen molar-refractivity contribution in [3.8, 4) is 5.75 Å². The topological polar surface area (TPSA) is 52.1 Å². The van der Waals surface area contributed by atoms with Gasteiger partial charge in [0.05, 0.1) is 0 Å². The Bertz CT molecular complexity index is 279.